The van der Waals surface area contributed by atoms with Crippen molar-refractivity contribution in [3.05, 3.63) is 23.5 Å². The highest BCUT2D eigenvalue weighted by Gasteiger charge is 2.25. The van der Waals surface area contributed by atoms with Crippen molar-refractivity contribution in [2.75, 3.05) is 0 Å². The fourth-order valence-electron chi connectivity index (χ4n) is 1.74. The molecule has 0 bridgehead atoms. The van der Waals surface area contributed by atoms with Gasteiger partial charge in [-0.2, -0.15) is 13.8 Å². The maximum absolute atomic E-state index is 13.2. The molecule has 1 fully saturated rings. The number of aromatic nitrogens is 1. The van der Waals surface area contributed by atoms with Gasteiger partial charge < -0.3 is 0 Å². The maximum atomic E-state index is 13.2. The van der Waals surface area contributed by atoms with Crippen molar-refractivity contribution < 1.29 is 17.6 Å². The van der Waals surface area contributed by atoms with E-state index in [1.165, 1.54) is 0 Å². The van der Waals surface area contributed by atoms with E-state index in [2.05, 4.69) is 4.98 Å². The van der Waals surface area contributed by atoms with Gasteiger partial charge >= 0.3 is 0 Å². The van der Waals surface area contributed by atoms with Crippen LogP contribution in [-0.2, 0) is 0 Å². The van der Waals surface area contributed by atoms with Crippen molar-refractivity contribution in [1.29, 1.82) is 0 Å². The van der Waals surface area contributed by atoms with Gasteiger partial charge in [-0.05, 0) is 12.8 Å². The number of hydrogen-bond donors (Lipinski definition) is 0. The van der Waals surface area contributed by atoms with E-state index >= 15 is 0 Å². The molecule has 0 N–H and O–H groups in total. The lowest BCUT2D eigenvalue weighted by molar-refractivity contribution is 0.383. The van der Waals surface area contributed by atoms with Crippen LogP contribution in [0.4, 0.5) is 17.6 Å². The Kier molecular flexibility index (Phi) is 3.37. The Morgan fingerprint density at radius 2 is 1.44 bits per heavy atom. The molecule has 1 aromatic rings. The van der Waals surface area contributed by atoms with Crippen molar-refractivity contribution in [3.63, 3.8) is 0 Å². The van der Waals surface area contributed by atoms with Gasteiger partial charge in [0.1, 0.15) is 0 Å². The maximum Gasteiger partial charge on any atom is 0.252 e. The normalized spacial score (nSPS) is 17.0. The molecule has 1 heterocycles. The first-order valence-corrected chi connectivity index (χ1v) is 5.84. The Balaban J connectivity index is 2.31. The fourth-order valence-corrected chi connectivity index (χ4v) is 3.02. The molecule has 0 saturated heterocycles. The summed E-state index contributed by atoms with van der Waals surface area (Å²) < 4.78 is 52.0. The van der Waals surface area contributed by atoms with Crippen molar-refractivity contribution in [2.45, 2.75) is 35.8 Å². The van der Waals surface area contributed by atoms with Crippen LogP contribution in [0.2, 0.25) is 0 Å². The van der Waals surface area contributed by atoms with E-state index in [0.29, 0.717) is 0 Å². The Bertz CT molecular complexity index is 378. The third-order valence-corrected chi connectivity index (χ3v) is 3.94. The molecule has 0 atom stereocenters. The monoisotopic (exact) mass is 251 g/mol. The molecule has 0 aliphatic heterocycles. The lowest BCUT2D eigenvalue weighted by atomic mass is 10.4. The number of rotatable bonds is 2. The zero-order valence-electron chi connectivity index (χ0n) is 8.27. The van der Waals surface area contributed by atoms with E-state index in [0.717, 1.165) is 37.4 Å². The largest absolute Gasteiger partial charge is 0.252 e. The molecule has 0 spiro atoms. The second kappa shape index (κ2) is 4.61. The van der Waals surface area contributed by atoms with Crippen LogP contribution in [0.3, 0.4) is 0 Å². The van der Waals surface area contributed by atoms with Crippen molar-refractivity contribution >= 4 is 11.8 Å². The van der Waals surface area contributed by atoms with Gasteiger partial charge in [-0.25, -0.2) is 8.78 Å². The summed E-state index contributed by atoms with van der Waals surface area (Å²) in [7, 11) is 0. The second-order valence-corrected chi connectivity index (χ2v) is 4.99. The van der Waals surface area contributed by atoms with Gasteiger partial charge in [0.05, 0.1) is 4.90 Å². The van der Waals surface area contributed by atoms with Crippen LogP contribution >= 0.6 is 11.8 Å². The van der Waals surface area contributed by atoms with E-state index in [9.17, 15) is 17.6 Å². The second-order valence-electron chi connectivity index (χ2n) is 3.67. The Morgan fingerprint density at radius 1 is 0.938 bits per heavy atom. The first-order valence-electron chi connectivity index (χ1n) is 4.96. The van der Waals surface area contributed by atoms with Crippen LogP contribution in [0.25, 0.3) is 0 Å². The minimum atomic E-state index is -1.58. The topological polar surface area (TPSA) is 12.9 Å². The van der Waals surface area contributed by atoms with Gasteiger partial charge in [-0.1, -0.05) is 12.8 Å². The number of hydrogen-bond acceptors (Lipinski definition) is 2. The fraction of sp³-hybridized carbons (Fsp3) is 0.500. The highest BCUT2D eigenvalue weighted by Crippen LogP contribution is 2.37. The predicted molar refractivity (Wildman–Crippen MR) is 52.2 cm³/mol. The zero-order chi connectivity index (χ0) is 11.7. The van der Waals surface area contributed by atoms with Gasteiger partial charge in [-0.3, -0.25) is 0 Å². The van der Waals surface area contributed by atoms with Crippen LogP contribution in [0.1, 0.15) is 25.7 Å². The molecule has 1 aliphatic rings. The molecule has 0 unspecified atom stereocenters. The Morgan fingerprint density at radius 3 is 1.94 bits per heavy atom. The highest BCUT2D eigenvalue weighted by atomic mass is 32.2. The summed E-state index contributed by atoms with van der Waals surface area (Å²) in [5.41, 5.74) is 0. The van der Waals surface area contributed by atoms with E-state index in [1.807, 2.05) is 0 Å². The van der Waals surface area contributed by atoms with Gasteiger partial charge in [0, 0.05) is 5.25 Å². The van der Waals surface area contributed by atoms with Gasteiger partial charge in [-0.15, -0.1) is 11.8 Å². The third-order valence-electron chi connectivity index (χ3n) is 2.54. The lowest BCUT2D eigenvalue weighted by Gasteiger charge is -2.10. The van der Waals surface area contributed by atoms with E-state index in [4.69, 9.17) is 0 Å². The van der Waals surface area contributed by atoms with Gasteiger partial charge in [0.2, 0.25) is 0 Å². The average molecular weight is 251 g/mol. The predicted octanol–water partition coefficient (Wildman–Crippen LogP) is 3.67. The van der Waals surface area contributed by atoms with Crippen molar-refractivity contribution in [2.24, 2.45) is 0 Å². The molecule has 6 heteroatoms. The molecule has 1 nitrogen and oxygen atoms in total. The summed E-state index contributed by atoms with van der Waals surface area (Å²) in [5.74, 6) is -5.95. The highest BCUT2D eigenvalue weighted by molar-refractivity contribution is 8.00. The SMILES string of the molecule is Fc1nc(F)c(F)c(SC2CCCC2)c1F. The van der Waals surface area contributed by atoms with E-state index in [1.54, 1.807) is 0 Å². The molecule has 88 valence electrons. The standard InChI is InChI=1S/C10H9F4NS/c11-6-8(16-5-3-1-2-4-5)7(12)10(14)15-9(6)13/h5H,1-4H2. The Labute approximate surface area is 94.3 Å². The molecular weight excluding hydrogens is 242 g/mol. The Hall–Kier alpha value is -0.780. The van der Waals surface area contributed by atoms with Crippen LogP contribution in [0.5, 0.6) is 0 Å². The molecule has 0 amide bonds. The van der Waals surface area contributed by atoms with Crippen molar-refractivity contribution in [1.82, 2.24) is 4.98 Å². The number of thioether (sulfide) groups is 1. The number of nitrogens with zero attached hydrogens (tertiary/aromatic N) is 1. The van der Waals surface area contributed by atoms with Gasteiger partial charge in [0.25, 0.3) is 11.9 Å². The molecule has 2 rings (SSSR count). The minimum absolute atomic E-state index is 0.0326. The number of pyridine rings is 1. The molecule has 1 saturated carbocycles. The summed E-state index contributed by atoms with van der Waals surface area (Å²) in [6.45, 7) is 0. The summed E-state index contributed by atoms with van der Waals surface area (Å²) in [6, 6.07) is 0. The number of halogens is 4. The van der Waals surface area contributed by atoms with Crippen LogP contribution in [0.15, 0.2) is 4.90 Å². The third kappa shape index (κ3) is 2.16. The molecule has 16 heavy (non-hydrogen) atoms. The first kappa shape index (κ1) is 11.7. The smallest absolute Gasteiger partial charge is 0.201 e. The van der Waals surface area contributed by atoms with E-state index in [-0.39, 0.29) is 5.25 Å². The zero-order valence-corrected chi connectivity index (χ0v) is 9.09. The summed E-state index contributed by atoms with van der Waals surface area (Å²) in [5, 5.41) is 0.0326. The molecule has 0 aromatic carbocycles. The molecular formula is C10H9F4NS. The quantitative estimate of drug-likeness (QED) is 0.587. The average Bonchev–Trinajstić information content (AvgIpc) is 2.74. The first-order chi connectivity index (χ1) is 7.59. The molecule has 0 radical (unpaired) electrons. The van der Waals surface area contributed by atoms with Crippen LogP contribution in [-0.4, -0.2) is 10.2 Å². The molecule has 1 aromatic heterocycles. The minimum Gasteiger partial charge on any atom is -0.201 e. The van der Waals surface area contributed by atoms with Crippen LogP contribution < -0.4 is 0 Å². The van der Waals surface area contributed by atoms with E-state index < -0.39 is 28.4 Å². The van der Waals surface area contributed by atoms with Gasteiger partial charge in [0.15, 0.2) is 11.6 Å². The van der Waals surface area contributed by atoms with Crippen LogP contribution in [0, 0.1) is 23.5 Å². The molecule has 1 aliphatic carbocycles. The van der Waals surface area contributed by atoms with Crippen molar-refractivity contribution in [3.8, 4) is 0 Å². The summed E-state index contributed by atoms with van der Waals surface area (Å²) >= 11 is 0.863. The summed E-state index contributed by atoms with van der Waals surface area (Å²) in [4.78, 5) is 1.93. The summed E-state index contributed by atoms with van der Waals surface area (Å²) in [6.07, 6.45) is 3.60. The lowest BCUT2D eigenvalue weighted by Crippen LogP contribution is -2.05.